The normalized spacial score (nSPS) is 10.6. The Labute approximate surface area is 73.0 Å². The fraction of sp³-hybridized carbons (Fsp3) is 0.750. The zero-order valence-electron chi connectivity index (χ0n) is 7.96. The van der Waals surface area contributed by atoms with E-state index >= 15 is 0 Å². The number of hydrogen-bond acceptors (Lipinski definition) is 3. The molecule has 0 aliphatic heterocycles. The van der Waals surface area contributed by atoms with Crippen LogP contribution in [0.1, 0.15) is 18.6 Å². The number of aromatic nitrogens is 3. The first-order valence-corrected chi connectivity index (χ1v) is 4.31. The zero-order chi connectivity index (χ0) is 8.97. The molecule has 0 aliphatic rings. The highest BCUT2D eigenvalue weighted by molar-refractivity contribution is 4.92. The van der Waals surface area contributed by atoms with Gasteiger partial charge in [0.2, 0.25) is 0 Å². The number of likely N-dealkylation sites (N-methyl/N-ethyl adjacent to an activating group) is 1. The number of nitrogens with zero attached hydrogens (tertiary/aromatic N) is 3. The molecule has 12 heavy (non-hydrogen) atoms. The summed E-state index contributed by atoms with van der Waals surface area (Å²) >= 11 is 0. The molecule has 0 aliphatic carbocycles. The largest absolute Gasteiger partial charge is 0.319 e. The Bertz CT molecular complexity index is 241. The summed E-state index contributed by atoms with van der Waals surface area (Å²) in [6.45, 7) is 3.02. The third-order valence-electron chi connectivity index (χ3n) is 1.81. The number of nitrogens with one attached hydrogen (secondary N) is 1. The number of aryl methyl sites for hydroxylation is 2. The van der Waals surface area contributed by atoms with Gasteiger partial charge in [0.1, 0.15) is 5.82 Å². The molecule has 1 aromatic rings. The van der Waals surface area contributed by atoms with Gasteiger partial charge in [-0.05, 0) is 7.05 Å². The van der Waals surface area contributed by atoms with Crippen molar-refractivity contribution in [1.82, 2.24) is 20.1 Å². The molecule has 0 bridgehead atoms. The summed E-state index contributed by atoms with van der Waals surface area (Å²) in [5, 5.41) is 7.35. The maximum absolute atomic E-state index is 4.38. The van der Waals surface area contributed by atoms with Gasteiger partial charge in [0.15, 0.2) is 5.82 Å². The molecule has 0 spiro atoms. The molecule has 1 N–H and O–H groups in total. The quantitative estimate of drug-likeness (QED) is 0.695. The van der Waals surface area contributed by atoms with Crippen molar-refractivity contribution in [2.75, 3.05) is 13.6 Å². The molecule has 1 aromatic heterocycles. The maximum atomic E-state index is 4.38. The standard InChI is InChI=1S/C8H16N4/c1-4-7-10-8(5-6-9-2)12(3)11-7/h9H,4-6H2,1-3H3. The van der Waals surface area contributed by atoms with Crippen LogP contribution in [-0.2, 0) is 19.9 Å². The van der Waals surface area contributed by atoms with Crippen molar-refractivity contribution in [3.63, 3.8) is 0 Å². The Morgan fingerprint density at radius 2 is 2.25 bits per heavy atom. The fourth-order valence-corrected chi connectivity index (χ4v) is 1.08. The summed E-state index contributed by atoms with van der Waals surface area (Å²) in [6, 6.07) is 0. The van der Waals surface area contributed by atoms with E-state index in [-0.39, 0.29) is 0 Å². The lowest BCUT2D eigenvalue weighted by Crippen LogP contribution is -2.13. The van der Waals surface area contributed by atoms with Crippen LogP contribution in [0.15, 0.2) is 0 Å². The predicted molar refractivity (Wildman–Crippen MR) is 48.0 cm³/mol. The summed E-state index contributed by atoms with van der Waals surface area (Å²) in [6.07, 6.45) is 1.85. The Morgan fingerprint density at radius 3 is 2.75 bits per heavy atom. The second-order valence-corrected chi connectivity index (χ2v) is 2.77. The molecular formula is C8H16N4. The molecule has 1 rings (SSSR count). The molecule has 68 valence electrons. The molecule has 0 aromatic carbocycles. The van der Waals surface area contributed by atoms with Crippen LogP contribution >= 0.6 is 0 Å². The molecule has 0 atom stereocenters. The van der Waals surface area contributed by atoms with E-state index in [4.69, 9.17) is 0 Å². The summed E-state index contributed by atoms with van der Waals surface area (Å²) < 4.78 is 1.86. The average Bonchev–Trinajstić information content (AvgIpc) is 2.43. The van der Waals surface area contributed by atoms with Crippen LogP contribution in [0, 0.1) is 0 Å². The fourth-order valence-electron chi connectivity index (χ4n) is 1.08. The summed E-state index contributed by atoms with van der Waals surface area (Å²) in [7, 11) is 3.88. The Kier molecular flexibility index (Phi) is 3.22. The van der Waals surface area contributed by atoms with Gasteiger partial charge in [0.25, 0.3) is 0 Å². The van der Waals surface area contributed by atoms with Gasteiger partial charge in [-0.1, -0.05) is 6.92 Å². The molecule has 0 unspecified atom stereocenters. The van der Waals surface area contributed by atoms with Crippen molar-refractivity contribution >= 4 is 0 Å². The van der Waals surface area contributed by atoms with Gasteiger partial charge >= 0.3 is 0 Å². The minimum Gasteiger partial charge on any atom is -0.319 e. The molecular weight excluding hydrogens is 152 g/mol. The lowest BCUT2D eigenvalue weighted by Gasteiger charge is -1.97. The minimum atomic E-state index is 0.910. The third-order valence-corrected chi connectivity index (χ3v) is 1.81. The monoisotopic (exact) mass is 168 g/mol. The van der Waals surface area contributed by atoms with Crippen molar-refractivity contribution < 1.29 is 0 Å². The van der Waals surface area contributed by atoms with Crippen LogP contribution in [0.3, 0.4) is 0 Å². The van der Waals surface area contributed by atoms with E-state index in [2.05, 4.69) is 22.3 Å². The molecule has 4 heteroatoms. The third kappa shape index (κ3) is 2.04. The van der Waals surface area contributed by atoms with E-state index in [0.717, 1.165) is 31.0 Å². The number of rotatable bonds is 4. The van der Waals surface area contributed by atoms with E-state index in [9.17, 15) is 0 Å². The highest BCUT2D eigenvalue weighted by atomic mass is 15.3. The van der Waals surface area contributed by atoms with Crippen LogP contribution in [-0.4, -0.2) is 28.4 Å². The van der Waals surface area contributed by atoms with Crippen molar-refractivity contribution in [3.05, 3.63) is 11.6 Å². The zero-order valence-corrected chi connectivity index (χ0v) is 7.96. The molecule has 0 fully saturated rings. The van der Waals surface area contributed by atoms with Gasteiger partial charge in [-0.2, -0.15) is 5.10 Å². The molecule has 0 saturated heterocycles. The van der Waals surface area contributed by atoms with E-state index in [1.807, 2.05) is 18.8 Å². The van der Waals surface area contributed by atoms with E-state index in [1.165, 1.54) is 0 Å². The van der Waals surface area contributed by atoms with Gasteiger partial charge in [0, 0.05) is 26.4 Å². The highest BCUT2D eigenvalue weighted by Gasteiger charge is 2.03. The van der Waals surface area contributed by atoms with Gasteiger partial charge in [-0.15, -0.1) is 0 Å². The van der Waals surface area contributed by atoms with Crippen molar-refractivity contribution in [2.24, 2.45) is 7.05 Å². The summed E-state index contributed by atoms with van der Waals surface area (Å²) in [4.78, 5) is 4.38. The summed E-state index contributed by atoms with van der Waals surface area (Å²) in [5.41, 5.74) is 0. The first-order chi connectivity index (χ1) is 5.77. The van der Waals surface area contributed by atoms with E-state index < -0.39 is 0 Å². The Morgan fingerprint density at radius 1 is 1.50 bits per heavy atom. The number of hydrogen-bond donors (Lipinski definition) is 1. The minimum absolute atomic E-state index is 0.910. The van der Waals surface area contributed by atoms with Gasteiger partial charge < -0.3 is 5.32 Å². The predicted octanol–water partition coefficient (Wildman–Crippen LogP) is 0.139. The van der Waals surface area contributed by atoms with Crippen LogP contribution in [0.2, 0.25) is 0 Å². The van der Waals surface area contributed by atoms with Gasteiger partial charge in [-0.3, -0.25) is 4.68 Å². The van der Waals surface area contributed by atoms with Crippen molar-refractivity contribution in [2.45, 2.75) is 19.8 Å². The van der Waals surface area contributed by atoms with Crippen molar-refractivity contribution in [3.8, 4) is 0 Å². The van der Waals surface area contributed by atoms with E-state index in [1.54, 1.807) is 0 Å². The van der Waals surface area contributed by atoms with Gasteiger partial charge in [-0.25, -0.2) is 4.98 Å². The lowest BCUT2D eigenvalue weighted by molar-refractivity contribution is 0.667. The second-order valence-electron chi connectivity index (χ2n) is 2.77. The maximum Gasteiger partial charge on any atom is 0.150 e. The lowest BCUT2D eigenvalue weighted by atomic mass is 10.4. The average molecular weight is 168 g/mol. The van der Waals surface area contributed by atoms with Crippen LogP contribution in [0.5, 0.6) is 0 Å². The molecule has 1 heterocycles. The Balaban J connectivity index is 2.64. The topological polar surface area (TPSA) is 42.7 Å². The van der Waals surface area contributed by atoms with Crippen LogP contribution in [0.25, 0.3) is 0 Å². The smallest absolute Gasteiger partial charge is 0.150 e. The van der Waals surface area contributed by atoms with Crippen LogP contribution < -0.4 is 5.32 Å². The second kappa shape index (κ2) is 4.21. The van der Waals surface area contributed by atoms with Gasteiger partial charge in [0.05, 0.1) is 0 Å². The van der Waals surface area contributed by atoms with Crippen molar-refractivity contribution in [1.29, 1.82) is 0 Å². The summed E-state index contributed by atoms with van der Waals surface area (Å²) in [5.74, 6) is 1.99. The first-order valence-electron chi connectivity index (χ1n) is 4.31. The first kappa shape index (κ1) is 9.19. The van der Waals surface area contributed by atoms with Crippen LogP contribution in [0.4, 0.5) is 0 Å². The molecule has 0 amide bonds. The molecule has 0 radical (unpaired) electrons. The Hall–Kier alpha value is -0.900. The molecule has 0 saturated carbocycles. The van der Waals surface area contributed by atoms with E-state index in [0.29, 0.717) is 0 Å². The highest BCUT2D eigenvalue weighted by Crippen LogP contribution is 1.97. The SMILES string of the molecule is CCc1nc(CCNC)n(C)n1. The molecule has 4 nitrogen and oxygen atoms in total.